The van der Waals surface area contributed by atoms with Crippen LogP contribution >= 0.6 is 0 Å². The fraction of sp³-hybridized carbons (Fsp3) is 0.100. The van der Waals surface area contributed by atoms with Crippen LogP contribution in [0.4, 0.5) is 28.4 Å². The van der Waals surface area contributed by atoms with E-state index >= 15 is 0 Å². The van der Waals surface area contributed by atoms with Gasteiger partial charge in [-0.15, -0.1) is 0 Å². The van der Waals surface area contributed by atoms with Gasteiger partial charge >= 0.3 is 0 Å². The summed E-state index contributed by atoms with van der Waals surface area (Å²) in [6.45, 7) is 2.82. The van der Waals surface area contributed by atoms with Gasteiger partial charge in [0.1, 0.15) is 0 Å². The Morgan fingerprint density at radius 3 is 2.46 bits per heavy atom. The van der Waals surface area contributed by atoms with Crippen LogP contribution < -0.4 is 21.3 Å². The molecule has 3 aromatic carbocycles. The number of carbonyl (C=O) groups excluding carboxylic acids is 1. The second-order valence-electron chi connectivity index (χ2n) is 8.86. The molecule has 7 nitrogen and oxygen atoms in total. The van der Waals surface area contributed by atoms with Crippen LogP contribution in [0, 0.1) is 6.92 Å². The highest BCUT2D eigenvalue weighted by Crippen LogP contribution is 2.27. The number of hydrogen-bond donors (Lipinski definition) is 4. The maximum atomic E-state index is 13.0. The summed E-state index contributed by atoms with van der Waals surface area (Å²) < 4.78 is 0. The number of nitrogens with one attached hydrogen (secondary N) is 4. The van der Waals surface area contributed by atoms with Crippen LogP contribution in [0.5, 0.6) is 0 Å². The minimum Gasteiger partial charge on any atom is -0.355 e. The number of amides is 1. The molecule has 37 heavy (non-hydrogen) atoms. The fourth-order valence-electron chi connectivity index (χ4n) is 4.17. The summed E-state index contributed by atoms with van der Waals surface area (Å²) in [4.78, 5) is 21.8. The number of fused-ring (bicyclic) bond motifs is 1. The van der Waals surface area contributed by atoms with Gasteiger partial charge in [0, 0.05) is 47.1 Å². The molecule has 2 aromatic heterocycles. The van der Waals surface area contributed by atoms with Crippen molar-refractivity contribution in [2.45, 2.75) is 13.5 Å². The molecular weight excluding hydrogens is 460 g/mol. The van der Waals surface area contributed by atoms with E-state index in [9.17, 15) is 4.79 Å². The van der Waals surface area contributed by atoms with Crippen LogP contribution in [0.3, 0.4) is 0 Å². The van der Waals surface area contributed by atoms with Crippen molar-refractivity contribution in [3.63, 3.8) is 0 Å². The van der Waals surface area contributed by atoms with Crippen LogP contribution in [0.25, 0.3) is 10.9 Å². The number of aromatic nitrogens is 2. The molecule has 0 spiro atoms. The van der Waals surface area contributed by atoms with E-state index in [1.807, 2.05) is 55.6 Å². The van der Waals surface area contributed by atoms with Crippen molar-refractivity contribution in [1.82, 2.24) is 15.3 Å². The minimum absolute atomic E-state index is 0.236. The molecule has 4 N–H and O–H groups in total. The van der Waals surface area contributed by atoms with E-state index in [0.717, 1.165) is 40.1 Å². The van der Waals surface area contributed by atoms with Gasteiger partial charge in [0.2, 0.25) is 0 Å². The highest BCUT2D eigenvalue weighted by Gasteiger charge is 2.10. The number of carbonyl (C=O) groups is 1. The Balaban J connectivity index is 1.32. The summed E-state index contributed by atoms with van der Waals surface area (Å²) >= 11 is 0. The molecule has 0 atom stereocenters. The summed E-state index contributed by atoms with van der Waals surface area (Å²) in [5.74, 6) is -0.236. The van der Waals surface area contributed by atoms with Crippen molar-refractivity contribution in [3.05, 3.63) is 114 Å². The first-order valence-corrected chi connectivity index (χ1v) is 12.1. The number of aryl methyl sites for hydroxylation is 1. The summed E-state index contributed by atoms with van der Waals surface area (Å²) in [7, 11) is 1.92. The predicted molar refractivity (Wildman–Crippen MR) is 151 cm³/mol. The molecule has 7 heteroatoms. The highest BCUT2D eigenvalue weighted by atomic mass is 16.1. The molecule has 0 fully saturated rings. The Hall–Kier alpha value is -4.75. The van der Waals surface area contributed by atoms with E-state index in [1.54, 1.807) is 24.7 Å². The summed E-state index contributed by atoms with van der Waals surface area (Å²) in [5.41, 5.74) is 7.88. The SMILES string of the molecule is CNCc1ccc2nccc(Nc3cncc(C(=O)Nc4cccc(Nc5cccc(C)c5)c4)c3)c2c1. The van der Waals surface area contributed by atoms with Crippen LogP contribution in [-0.4, -0.2) is 22.9 Å². The zero-order chi connectivity index (χ0) is 25.6. The van der Waals surface area contributed by atoms with Crippen LogP contribution in [0.2, 0.25) is 0 Å². The van der Waals surface area contributed by atoms with Crippen LogP contribution in [0.15, 0.2) is 97.5 Å². The van der Waals surface area contributed by atoms with Gasteiger partial charge < -0.3 is 21.3 Å². The Bertz CT molecular complexity index is 1570. The molecule has 0 saturated heterocycles. The van der Waals surface area contributed by atoms with Gasteiger partial charge in [0.25, 0.3) is 5.91 Å². The smallest absolute Gasteiger partial charge is 0.257 e. The summed E-state index contributed by atoms with van der Waals surface area (Å²) in [5, 5.41) is 13.9. The number of nitrogens with zero attached hydrogens (tertiary/aromatic N) is 2. The third kappa shape index (κ3) is 5.91. The van der Waals surface area contributed by atoms with Crippen LogP contribution in [0.1, 0.15) is 21.5 Å². The van der Waals surface area contributed by atoms with E-state index in [0.29, 0.717) is 16.9 Å². The average molecular weight is 489 g/mol. The lowest BCUT2D eigenvalue weighted by Gasteiger charge is -2.12. The van der Waals surface area contributed by atoms with E-state index in [2.05, 4.69) is 62.4 Å². The quantitative estimate of drug-likeness (QED) is 0.202. The molecule has 0 aliphatic carbocycles. The number of hydrogen-bond acceptors (Lipinski definition) is 6. The maximum absolute atomic E-state index is 13.0. The van der Waals surface area contributed by atoms with Crippen LogP contribution in [-0.2, 0) is 6.54 Å². The highest BCUT2D eigenvalue weighted by molar-refractivity contribution is 6.05. The van der Waals surface area contributed by atoms with Crippen molar-refractivity contribution in [2.24, 2.45) is 0 Å². The van der Waals surface area contributed by atoms with Gasteiger partial charge in [-0.25, -0.2) is 0 Å². The standard InChI is InChI=1S/C30H28N6O/c1-20-5-3-6-23(13-20)34-24-7-4-8-25(16-24)36-30(37)22-15-26(19-32-18-22)35-29-11-12-33-28-10-9-21(17-31-2)14-27(28)29/h3-16,18-19,31,34H,17H2,1-2H3,(H,33,35)(H,36,37). The summed E-state index contributed by atoms with van der Waals surface area (Å²) in [6.07, 6.45) is 5.03. The normalized spacial score (nSPS) is 10.8. The van der Waals surface area contributed by atoms with Gasteiger partial charge in [0.05, 0.1) is 23.0 Å². The van der Waals surface area contributed by atoms with Crippen molar-refractivity contribution >= 4 is 45.2 Å². The lowest BCUT2D eigenvalue weighted by atomic mass is 10.1. The van der Waals surface area contributed by atoms with E-state index < -0.39 is 0 Å². The number of benzene rings is 3. The predicted octanol–water partition coefficient (Wildman–Crippen LogP) is 6.40. The Morgan fingerprint density at radius 2 is 1.62 bits per heavy atom. The van der Waals surface area contributed by atoms with E-state index in [1.165, 1.54) is 5.56 Å². The lowest BCUT2D eigenvalue weighted by molar-refractivity contribution is 0.102. The van der Waals surface area contributed by atoms with Gasteiger partial charge in [-0.05, 0) is 79.7 Å². The molecule has 0 radical (unpaired) electrons. The Kier molecular flexibility index (Phi) is 7.05. The fourth-order valence-corrected chi connectivity index (χ4v) is 4.17. The Morgan fingerprint density at radius 1 is 0.811 bits per heavy atom. The molecular formula is C30H28N6O. The van der Waals surface area contributed by atoms with E-state index in [4.69, 9.17) is 0 Å². The minimum atomic E-state index is -0.236. The van der Waals surface area contributed by atoms with Crippen molar-refractivity contribution < 1.29 is 4.79 Å². The van der Waals surface area contributed by atoms with Gasteiger partial charge in [-0.3, -0.25) is 14.8 Å². The first-order valence-electron chi connectivity index (χ1n) is 12.1. The molecule has 0 aliphatic rings. The third-order valence-corrected chi connectivity index (χ3v) is 5.89. The van der Waals surface area contributed by atoms with Gasteiger partial charge in [-0.2, -0.15) is 0 Å². The van der Waals surface area contributed by atoms with E-state index in [-0.39, 0.29) is 5.91 Å². The van der Waals surface area contributed by atoms with Crippen molar-refractivity contribution in [2.75, 3.05) is 23.0 Å². The zero-order valence-corrected chi connectivity index (χ0v) is 20.7. The van der Waals surface area contributed by atoms with Crippen molar-refractivity contribution in [3.8, 4) is 0 Å². The summed E-state index contributed by atoms with van der Waals surface area (Å²) in [6, 6.07) is 25.7. The van der Waals surface area contributed by atoms with Gasteiger partial charge in [0.15, 0.2) is 0 Å². The second kappa shape index (κ2) is 10.9. The Labute approximate surface area is 216 Å². The molecule has 2 heterocycles. The molecule has 0 aliphatic heterocycles. The first kappa shape index (κ1) is 24.0. The molecule has 184 valence electrons. The number of pyridine rings is 2. The molecule has 0 bridgehead atoms. The van der Waals surface area contributed by atoms with Gasteiger partial charge in [-0.1, -0.05) is 24.3 Å². The molecule has 0 saturated carbocycles. The number of rotatable bonds is 8. The molecule has 0 unspecified atom stereocenters. The first-order chi connectivity index (χ1) is 18.1. The molecule has 1 amide bonds. The van der Waals surface area contributed by atoms with Crippen molar-refractivity contribution in [1.29, 1.82) is 0 Å². The second-order valence-corrected chi connectivity index (χ2v) is 8.86. The number of anilines is 5. The third-order valence-electron chi connectivity index (χ3n) is 5.89. The zero-order valence-electron chi connectivity index (χ0n) is 20.7. The molecule has 5 aromatic rings. The topological polar surface area (TPSA) is 91.0 Å². The lowest BCUT2D eigenvalue weighted by Crippen LogP contribution is -2.12. The average Bonchev–Trinajstić information content (AvgIpc) is 2.90. The molecule has 5 rings (SSSR count). The largest absolute Gasteiger partial charge is 0.355 e. The monoisotopic (exact) mass is 488 g/mol. The maximum Gasteiger partial charge on any atom is 0.257 e.